The van der Waals surface area contributed by atoms with Crippen molar-refractivity contribution in [3.63, 3.8) is 0 Å². The van der Waals surface area contributed by atoms with E-state index >= 15 is 0 Å². The number of hydrogen-bond donors (Lipinski definition) is 1. The number of amides is 1. The van der Waals surface area contributed by atoms with E-state index in [1.165, 1.54) is 0 Å². The average molecular weight is 292 g/mol. The number of rotatable bonds is 9. The number of nitrogens with zero attached hydrogens (tertiary/aromatic N) is 3. The van der Waals surface area contributed by atoms with Crippen LogP contribution in [-0.2, 0) is 0 Å². The third-order valence-electron chi connectivity index (χ3n) is 3.79. The van der Waals surface area contributed by atoms with Crippen LogP contribution in [0.2, 0.25) is 0 Å². The molecule has 1 aromatic heterocycles. The highest BCUT2D eigenvalue weighted by Crippen LogP contribution is 2.15. The molecule has 0 atom stereocenters. The highest BCUT2D eigenvalue weighted by atomic mass is 16.2. The molecule has 0 radical (unpaired) electrons. The highest BCUT2D eigenvalue weighted by Gasteiger charge is 2.17. The third kappa shape index (κ3) is 5.01. The van der Waals surface area contributed by atoms with Crippen molar-refractivity contribution in [1.82, 2.24) is 14.8 Å². The zero-order valence-electron chi connectivity index (χ0n) is 13.7. The largest absolute Gasteiger partial charge is 0.387 e. The number of aromatic nitrogens is 1. The molecule has 1 aromatic rings. The standard InChI is InChI=1S/C16H28N4O/c1-5-19(6-2)11-8-12-20(7-3)16(21)14-13-18-10-9-15(14)17-4/h9-10,13H,5-8,11-12H2,1-4H3,(H,17,18). The Kier molecular flexibility index (Phi) is 7.75. The molecule has 0 aliphatic carbocycles. The zero-order valence-corrected chi connectivity index (χ0v) is 13.7. The predicted molar refractivity (Wildman–Crippen MR) is 87.8 cm³/mol. The number of pyridine rings is 1. The van der Waals surface area contributed by atoms with Crippen molar-refractivity contribution >= 4 is 11.6 Å². The average Bonchev–Trinajstić information content (AvgIpc) is 2.54. The third-order valence-corrected chi connectivity index (χ3v) is 3.79. The van der Waals surface area contributed by atoms with Crippen molar-refractivity contribution in [2.24, 2.45) is 0 Å². The van der Waals surface area contributed by atoms with Crippen molar-refractivity contribution in [1.29, 1.82) is 0 Å². The molecule has 0 aliphatic heterocycles. The monoisotopic (exact) mass is 292 g/mol. The maximum atomic E-state index is 12.6. The minimum Gasteiger partial charge on any atom is -0.387 e. The van der Waals surface area contributed by atoms with Crippen LogP contribution in [0, 0.1) is 0 Å². The van der Waals surface area contributed by atoms with Gasteiger partial charge in [0.25, 0.3) is 5.91 Å². The zero-order chi connectivity index (χ0) is 15.7. The summed E-state index contributed by atoms with van der Waals surface area (Å²) in [6, 6.07) is 1.83. The van der Waals surface area contributed by atoms with E-state index < -0.39 is 0 Å². The fraction of sp³-hybridized carbons (Fsp3) is 0.625. The first-order valence-corrected chi connectivity index (χ1v) is 7.81. The summed E-state index contributed by atoms with van der Waals surface area (Å²) in [6.45, 7) is 11.0. The van der Waals surface area contributed by atoms with Gasteiger partial charge in [0.15, 0.2) is 0 Å². The number of anilines is 1. The fourth-order valence-corrected chi connectivity index (χ4v) is 2.38. The maximum Gasteiger partial charge on any atom is 0.257 e. The quantitative estimate of drug-likeness (QED) is 0.759. The fourth-order valence-electron chi connectivity index (χ4n) is 2.38. The van der Waals surface area contributed by atoms with Gasteiger partial charge in [-0.05, 0) is 39.0 Å². The van der Waals surface area contributed by atoms with Gasteiger partial charge in [-0.1, -0.05) is 13.8 Å². The Morgan fingerprint density at radius 3 is 2.48 bits per heavy atom. The van der Waals surface area contributed by atoms with Crippen molar-refractivity contribution in [3.8, 4) is 0 Å². The molecule has 21 heavy (non-hydrogen) atoms. The Morgan fingerprint density at radius 2 is 1.90 bits per heavy atom. The van der Waals surface area contributed by atoms with Gasteiger partial charge < -0.3 is 15.1 Å². The second-order valence-electron chi connectivity index (χ2n) is 4.94. The molecule has 0 bridgehead atoms. The molecule has 0 aromatic carbocycles. The van der Waals surface area contributed by atoms with Crippen LogP contribution in [0.5, 0.6) is 0 Å². The molecule has 1 heterocycles. The van der Waals surface area contributed by atoms with Crippen LogP contribution in [-0.4, -0.2) is 60.5 Å². The SMILES string of the molecule is CCN(CC)CCCN(CC)C(=O)c1cnccc1NC. The lowest BCUT2D eigenvalue weighted by molar-refractivity contribution is 0.0758. The topological polar surface area (TPSA) is 48.5 Å². The van der Waals surface area contributed by atoms with Gasteiger partial charge in [-0.3, -0.25) is 9.78 Å². The summed E-state index contributed by atoms with van der Waals surface area (Å²) in [4.78, 5) is 20.9. The normalized spacial score (nSPS) is 10.7. The minimum absolute atomic E-state index is 0.0505. The van der Waals surface area contributed by atoms with E-state index in [2.05, 4.69) is 29.0 Å². The Balaban J connectivity index is 2.65. The second kappa shape index (κ2) is 9.34. The molecule has 118 valence electrons. The van der Waals surface area contributed by atoms with Gasteiger partial charge in [0.1, 0.15) is 0 Å². The van der Waals surface area contributed by atoms with Crippen LogP contribution in [0.15, 0.2) is 18.5 Å². The van der Waals surface area contributed by atoms with E-state index in [9.17, 15) is 4.79 Å². The van der Waals surface area contributed by atoms with E-state index in [4.69, 9.17) is 0 Å². The highest BCUT2D eigenvalue weighted by molar-refractivity contribution is 5.99. The van der Waals surface area contributed by atoms with Gasteiger partial charge in [0.2, 0.25) is 0 Å². The van der Waals surface area contributed by atoms with E-state index in [1.54, 1.807) is 12.4 Å². The van der Waals surface area contributed by atoms with E-state index in [-0.39, 0.29) is 5.91 Å². The predicted octanol–water partition coefficient (Wildman–Crippen LogP) is 2.32. The number of carbonyl (C=O) groups excluding carboxylic acids is 1. The molecule has 5 heteroatoms. The van der Waals surface area contributed by atoms with Crippen LogP contribution in [0.3, 0.4) is 0 Å². The molecule has 1 N–H and O–H groups in total. The van der Waals surface area contributed by atoms with Crippen LogP contribution in [0.25, 0.3) is 0 Å². The number of carbonyl (C=O) groups is 1. The number of nitrogens with one attached hydrogen (secondary N) is 1. The number of hydrogen-bond acceptors (Lipinski definition) is 4. The molecule has 1 amide bonds. The Hall–Kier alpha value is -1.62. The summed E-state index contributed by atoms with van der Waals surface area (Å²) in [5.41, 5.74) is 1.47. The summed E-state index contributed by atoms with van der Waals surface area (Å²) >= 11 is 0. The molecule has 0 saturated carbocycles. The molecular formula is C16H28N4O. The van der Waals surface area contributed by atoms with Gasteiger partial charge >= 0.3 is 0 Å². The van der Waals surface area contributed by atoms with Gasteiger partial charge in [-0.2, -0.15) is 0 Å². The van der Waals surface area contributed by atoms with Crippen LogP contribution in [0.4, 0.5) is 5.69 Å². The molecule has 0 spiro atoms. The van der Waals surface area contributed by atoms with E-state index in [0.717, 1.165) is 44.8 Å². The van der Waals surface area contributed by atoms with Gasteiger partial charge in [-0.25, -0.2) is 0 Å². The van der Waals surface area contributed by atoms with E-state index in [0.29, 0.717) is 5.56 Å². The molecule has 0 aliphatic rings. The lowest BCUT2D eigenvalue weighted by Gasteiger charge is -2.24. The first-order valence-electron chi connectivity index (χ1n) is 7.81. The van der Waals surface area contributed by atoms with Crippen molar-refractivity contribution in [2.45, 2.75) is 27.2 Å². The smallest absolute Gasteiger partial charge is 0.257 e. The van der Waals surface area contributed by atoms with Crippen LogP contribution in [0.1, 0.15) is 37.6 Å². The maximum absolute atomic E-state index is 12.6. The van der Waals surface area contributed by atoms with Gasteiger partial charge in [0.05, 0.1) is 5.56 Å². The molecular weight excluding hydrogens is 264 g/mol. The van der Waals surface area contributed by atoms with Crippen molar-refractivity contribution < 1.29 is 4.79 Å². The summed E-state index contributed by atoms with van der Waals surface area (Å²) in [5.74, 6) is 0.0505. The summed E-state index contributed by atoms with van der Waals surface area (Å²) in [6.07, 6.45) is 4.33. The molecule has 0 fully saturated rings. The van der Waals surface area contributed by atoms with E-state index in [1.807, 2.05) is 24.9 Å². The lowest BCUT2D eigenvalue weighted by atomic mass is 10.2. The first kappa shape index (κ1) is 17.4. The van der Waals surface area contributed by atoms with Crippen molar-refractivity contribution in [3.05, 3.63) is 24.0 Å². The first-order chi connectivity index (χ1) is 10.2. The summed E-state index contributed by atoms with van der Waals surface area (Å²) < 4.78 is 0. The Bertz CT molecular complexity index is 432. The Morgan fingerprint density at radius 1 is 1.19 bits per heavy atom. The summed E-state index contributed by atoms with van der Waals surface area (Å²) in [7, 11) is 1.82. The molecule has 1 rings (SSSR count). The van der Waals surface area contributed by atoms with Crippen molar-refractivity contribution in [2.75, 3.05) is 45.1 Å². The Labute approximate surface area is 128 Å². The molecule has 0 unspecified atom stereocenters. The van der Waals surface area contributed by atoms with Gasteiger partial charge in [-0.15, -0.1) is 0 Å². The van der Waals surface area contributed by atoms with Crippen LogP contribution >= 0.6 is 0 Å². The minimum atomic E-state index is 0.0505. The van der Waals surface area contributed by atoms with Crippen LogP contribution < -0.4 is 5.32 Å². The molecule has 0 saturated heterocycles. The second-order valence-corrected chi connectivity index (χ2v) is 4.94. The molecule has 5 nitrogen and oxygen atoms in total. The lowest BCUT2D eigenvalue weighted by Crippen LogP contribution is -2.34. The summed E-state index contributed by atoms with van der Waals surface area (Å²) in [5, 5.41) is 3.05. The van der Waals surface area contributed by atoms with Gasteiger partial charge in [0, 0.05) is 38.2 Å².